The Morgan fingerprint density at radius 2 is 1.19 bits per heavy atom. The third-order valence-electron chi connectivity index (χ3n) is 1.32. The van der Waals surface area contributed by atoms with Gasteiger partial charge in [0.2, 0.25) is 0 Å². The van der Waals surface area contributed by atoms with E-state index in [2.05, 4.69) is 56.1 Å². The van der Waals surface area contributed by atoms with Crippen molar-refractivity contribution in [1.29, 1.82) is 0 Å². The van der Waals surface area contributed by atoms with Gasteiger partial charge in [-0.3, -0.25) is 10.5 Å². The molecule has 10 N–H and O–H groups in total. The van der Waals surface area contributed by atoms with Gasteiger partial charge in [-0.25, -0.2) is 0 Å². The van der Waals surface area contributed by atoms with Gasteiger partial charge >= 0.3 is 0 Å². The van der Waals surface area contributed by atoms with Crippen LogP contribution in [-0.4, -0.2) is 51.0 Å². The van der Waals surface area contributed by atoms with Crippen LogP contribution in [0.4, 0.5) is 0 Å². The maximum atomic E-state index is 6.00. The minimum Gasteiger partial charge on any atom is -1.00 e. The monoisotopic (exact) mass is 597 g/mol. The molecule has 0 radical (unpaired) electrons. The second-order valence-electron chi connectivity index (χ2n) is 3.71. The third-order valence-corrected chi connectivity index (χ3v) is 1.90. The molecule has 0 aliphatic carbocycles. The summed E-state index contributed by atoms with van der Waals surface area (Å²) in [5.41, 5.74) is 10.4. The first-order valence-electron chi connectivity index (χ1n) is 8.94. The van der Waals surface area contributed by atoms with Gasteiger partial charge in [0.1, 0.15) is 0 Å². The number of benzene rings is 1. The molecule has 12 heteroatoms. The molecule has 1 aromatic carbocycles. The predicted octanol–water partition coefficient (Wildman–Crippen LogP) is 4.96. The summed E-state index contributed by atoms with van der Waals surface area (Å²) in [7, 11) is 0. The van der Waals surface area contributed by atoms with E-state index in [9.17, 15) is 0 Å². The van der Waals surface area contributed by atoms with Crippen LogP contribution in [-0.2, 0) is 0 Å². The first-order chi connectivity index (χ1) is 14.2. The van der Waals surface area contributed by atoms with Gasteiger partial charge in [0, 0.05) is 17.6 Å². The van der Waals surface area contributed by atoms with Crippen molar-refractivity contribution in [3.63, 3.8) is 0 Å². The fourth-order valence-electron chi connectivity index (χ4n) is 0.589. The number of quaternary nitrogens is 1. The van der Waals surface area contributed by atoms with Gasteiger partial charge < -0.3 is 30.0 Å². The fraction of sp³-hybridized carbons (Fsp3) is 0.550. The number of thiocarbonyl (C=S) groups is 1. The highest BCUT2D eigenvalue weighted by molar-refractivity contribution is 7.98. The summed E-state index contributed by atoms with van der Waals surface area (Å²) >= 11 is 24.7. The van der Waals surface area contributed by atoms with Gasteiger partial charge in [-0.05, 0) is 35.5 Å². The molecule has 0 atom stereocenters. The van der Waals surface area contributed by atoms with Crippen LogP contribution in [0.2, 0.25) is 0 Å². The van der Waals surface area contributed by atoms with E-state index in [4.69, 9.17) is 45.3 Å². The van der Waals surface area contributed by atoms with Crippen LogP contribution in [0.3, 0.4) is 0 Å². The Labute approximate surface area is 234 Å². The molecule has 0 fully saturated rings. The third kappa shape index (κ3) is 202. The number of rotatable bonds is 2. The number of alkyl halides is 3. The molecule has 0 amide bonds. The highest BCUT2D eigenvalue weighted by atomic mass is 35.5. The van der Waals surface area contributed by atoms with Crippen LogP contribution < -0.4 is 30.0 Å². The molecule has 0 aliphatic rings. The lowest BCUT2D eigenvalue weighted by molar-refractivity contribution is -0.176. The topological polar surface area (TPSA) is 129 Å². The smallest absolute Gasteiger partial charge is 0.160 e. The van der Waals surface area contributed by atoms with E-state index in [0.717, 1.165) is 23.4 Å². The van der Waals surface area contributed by atoms with Gasteiger partial charge in [0.25, 0.3) is 0 Å². The summed E-state index contributed by atoms with van der Waals surface area (Å²) in [4.78, 5) is 0. The average Bonchev–Trinajstić information content (AvgIpc) is 2.72. The number of nitrogens with two attached hydrogens (primary N) is 2. The lowest BCUT2D eigenvalue weighted by atomic mass is 10.2. The van der Waals surface area contributed by atoms with Gasteiger partial charge in [0.15, 0.2) is 5.11 Å². The van der Waals surface area contributed by atoms with Crippen molar-refractivity contribution in [2.45, 2.75) is 34.6 Å². The van der Waals surface area contributed by atoms with Gasteiger partial charge in [0.05, 0.1) is 0 Å². The van der Waals surface area contributed by atoms with Gasteiger partial charge in [-0.15, -0.1) is 34.8 Å². The van der Waals surface area contributed by atoms with Crippen molar-refractivity contribution in [1.82, 2.24) is 6.15 Å². The second-order valence-corrected chi connectivity index (χ2v) is 7.57. The molecule has 0 bridgehead atoms. The first-order valence-corrected chi connectivity index (χ1v) is 13.0. The Morgan fingerprint density at radius 3 is 1.28 bits per heavy atom. The Bertz CT molecular complexity index is 348. The van der Waals surface area contributed by atoms with Crippen LogP contribution in [0.15, 0.2) is 36.9 Å². The average molecular weight is 600 g/mol. The summed E-state index contributed by atoms with van der Waals surface area (Å²) in [6, 6.07) is 10.0. The predicted molar refractivity (Wildman–Crippen MR) is 162 cm³/mol. The second kappa shape index (κ2) is 85.7. The zero-order chi connectivity index (χ0) is 25.6. The van der Waals surface area contributed by atoms with Crippen LogP contribution in [0.5, 0.6) is 0 Å². The summed E-state index contributed by atoms with van der Waals surface area (Å²) in [5.74, 6) is 4.35. The van der Waals surface area contributed by atoms with Crippen molar-refractivity contribution in [3.8, 4) is 0 Å². The number of thioether (sulfide) groups is 1. The summed E-state index contributed by atoms with van der Waals surface area (Å²) in [6.07, 6.45) is 3.93. The van der Waals surface area contributed by atoms with E-state index in [-0.39, 0.29) is 23.7 Å². The Kier molecular flexibility index (Phi) is 156. The quantitative estimate of drug-likeness (QED) is 0.0938. The molecule has 5 nitrogen and oxygen atoms in total. The molecule has 0 heterocycles. The van der Waals surface area contributed by atoms with E-state index in [1.54, 1.807) is 0 Å². The van der Waals surface area contributed by atoms with Gasteiger partial charge in [-0.2, -0.15) is 24.4 Å². The lowest BCUT2D eigenvalue weighted by Crippen LogP contribution is -3.00. The maximum Gasteiger partial charge on any atom is 0.160 e. The number of thiol groups is 1. The Hall–Kier alpha value is 0.390. The Balaban J connectivity index is -0.0000000282. The number of hydrogen-bond acceptors (Lipinski definition) is 5. The standard InChI is InChI=1S/C8H8.C3H8S.3C2H5Cl.C2H6S.CH4N2S.ClH.H3N.H2O2/c1-2-8-6-4-3-5-7-8;1-3-4-2;4*1-2-3;2-1(3)4;;;1-2/h2-7H,1H2;3H2,1-2H3;3*2H2,1H3;3H,2H2,1H3;(H4,2,3,4);1H;1H3;1-2H. The van der Waals surface area contributed by atoms with Crippen LogP contribution in [0, 0.1) is 0 Å². The molecule has 200 valence electrons. The molecule has 0 spiro atoms. The van der Waals surface area contributed by atoms with E-state index < -0.39 is 0 Å². The molecule has 1 aromatic rings. The zero-order valence-electron chi connectivity index (χ0n) is 20.5. The molecule has 1 rings (SSSR count). The molecule has 0 saturated heterocycles. The molecule has 32 heavy (non-hydrogen) atoms. The minimum atomic E-state index is 0. The minimum absolute atomic E-state index is 0. The number of hydrogen-bond donors (Lipinski definition) is 6. The molecule has 0 aliphatic heterocycles. The van der Waals surface area contributed by atoms with Crippen LogP contribution in [0.1, 0.15) is 40.2 Å². The number of halogens is 4. The molecule has 0 aromatic heterocycles. The molecule has 0 saturated carbocycles. The van der Waals surface area contributed by atoms with Crippen LogP contribution in [0.25, 0.3) is 6.08 Å². The normalized spacial score (nSPS) is 6.25. The van der Waals surface area contributed by atoms with Crippen molar-refractivity contribution in [2.24, 2.45) is 11.5 Å². The molecular weight excluding hydrogens is 552 g/mol. The van der Waals surface area contributed by atoms with Gasteiger partial charge in [-0.1, -0.05) is 77.6 Å². The SMILES string of the molecule is C=Cc1ccccc1.CCCl.CCCl.CCCl.CCS.CCSC.NC(N)=S.OO.[Cl-].[NH4+]. The fourth-order valence-corrected chi connectivity index (χ4v) is 0.589. The van der Waals surface area contributed by atoms with Crippen molar-refractivity contribution in [3.05, 3.63) is 42.5 Å². The van der Waals surface area contributed by atoms with E-state index >= 15 is 0 Å². The maximum absolute atomic E-state index is 6.00. The van der Waals surface area contributed by atoms with E-state index in [1.165, 1.54) is 11.3 Å². The van der Waals surface area contributed by atoms with Crippen molar-refractivity contribution in [2.75, 3.05) is 35.4 Å². The summed E-state index contributed by atoms with van der Waals surface area (Å²) < 4.78 is 0. The molecule has 0 unspecified atom stereocenters. The van der Waals surface area contributed by atoms with E-state index in [0.29, 0.717) is 0 Å². The highest BCUT2D eigenvalue weighted by Gasteiger charge is 1.75. The largest absolute Gasteiger partial charge is 1.00 e. The summed E-state index contributed by atoms with van der Waals surface area (Å²) in [5, 5.41) is 12.0. The Morgan fingerprint density at radius 1 is 1.00 bits per heavy atom. The summed E-state index contributed by atoms with van der Waals surface area (Å²) in [6.45, 7) is 13.4. The zero-order valence-corrected chi connectivity index (χ0v) is 26.1. The first kappa shape index (κ1) is 58.3. The molecular formula is C20H47Cl4N3O2S3. The van der Waals surface area contributed by atoms with Crippen molar-refractivity contribution >= 4 is 82.6 Å². The van der Waals surface area contributed by atoms with Crippen LogP contribution >= 0.6 is 71.4 Å². The lowest BCUT2D eigenvalue weighted by Gasteiger charge is -1.85. The highest BCUT2D eigenvalue weighted by Crippen LogP contribution is 1.97. The van der Waals surface area contributed by atoms with Crippen molar-refractivity contribution < 1.29 is 22.9 Å². The van der Waals surface area contributed by atoms with E-state index in [1.807, 2.05) is 75.9 Å².